The minimum Gasteiger partial charge on any atom is -0.380 e. The number of fused-ring (bicyclic) bond motifs is 1. The average Bonchev–Trinajstić information content (AvgIpc) is 3.00. The van der Waals surface area contributed by atoms with Crippen LogP contribution in [0.3, 0.4) is 0 Å². The molecule has 8 nitrogen and oxygen atoms in total. The molecular weight excluding hydrogens is 366 g/mol. The Bertz CT molecular complexity index is 872. The molecule has 0 atom stereocenters. The predicted octanol–water partition coefficient (Wildman–Crippen LogP) is 1.37. The number of piperidine rings is 1. The molecule has 1 fully saturated rings. The molecule has 1 aromatic carbocycles. The molecule has 0 unspecified atom stereocenters. The van der Waals surface area contributed by atoms with Crippen LogP contribution < -0.4 is 11.5 Å². The van der Waals surface area contributed by atoms with E-state index in [0.29, 0.717) is 29.4 Å². The van der Waals surface area contributed by atoms with Crippen molar-refractivity contribution < 1.29 is 12.9 Å². The van der Waals surface area contributed by atoms with Crippen molar-refractivity contribution in [1.82, 2.24) is 14.4 Å². The Morgan fingerprint density at radius 3 is 2.67 bits per heavy atom. The fourth-order valence-corrected chi connectivity index (χ4v) is 5.24. The first kappa shape index (κ1) is 20.1. The number of hydrogen-bond donors (Lipinski definition) is 2. The van der Waals surface area contributed by atoms with Crippen molar-refractivity contribution in [3.8, 4) is 0 Å². The number of nitrogens with two attached hydrogens (primary N) is 2. The zero-order valence-electron chi connectivity index (χ0n) is 16.0. The van der Waals surface area contributed by atoms with Crippen molar-refractivity contribution in [3.63, 3.8) is 0 Å². The number of nitrogen functional groups attached to an aromatic ring is 1. The SMILES string of the molecule is CC(C)N1CCC(N(Cc2ccc3onc(N)c3c2)S(=O)(=O)CCN)CC1. The Labute approximate surface area is 160 Å². The van der Waals surface area contributed by atoms with E-state index < -0.39 is 10.0 Å². The number of rotatable bonds is 7. The second-order valence-corrected chi connectivity index (χ2v) is 9.45. The number of sulfonamides is 1. The number of likely N-dealkylation sites (tertiary alicyclic amines) is 1. The van der Waals surface area contributed by atoms with Crippen molar-refractivity contribution in [3.05, 3.63) is 23.8 Å². The lowest BCUT2D eigenvalue weighted by molar-refractivity contribution is 0.130. The van der Waals surface area contributed by atoms with Crippen molar-refractivity contribution in [2.75, 3.05) is 31.1 Å². The summed E-state index contributed by atoms with van der Waals surface area (Å²) in [5, 5.41) is 4.46. The Morgan fingerprint density at radius 1 is 1.33 bits per heavy atom. The van der Waals surface area contributed by atoms with Gasteiger partial charge in [0.05, 0.1) is 11.1 Å². The third-order valence-corrected chi connectivity index (χ3v) is 7.16. The lowest BCUT2D eigenvalue weighted by Crippen LogP contribution is -2.49. The van der Waals surface area contributed by atoms with Crippen molar-refractivity contribution in [2.24, 2.45) is 5.73 Å². The molecule has 2 aromatic rings. The van der Waals surface area contributed by atoms with Gasteiger partial charge in [0.25, 0.3) is 0 Å². The van der Waals surface area contributed by atoms with Gasteiger partial charge in [0.15, 0.2) is 11.4 Å². The number of anilines is 1. The summed E-state index contributed by atoms with van der Waals surface area (Å²) >= 11 is 0. The van der Waals surface area contributed by atoms with E-state index in [1.165, 1.54) is 0 Å². The van der Waals surface area contributed by atoms with E-state index in [9.17, 15) is 8.42 Å². The van der Waals surface area contributed by atoms with Crippen molar-refractivity contribution in [1.29, 1.82) is 0 Å². The third-order valence-electron chi connectivity index (χ3n) is 5.27. The molecule has 2 heterocycles. The van der Waals surface area contributed by atoms with Crippen LogP contribution >= 0.6 is 0 Å². The largest absolute Gasteiger partial charge is 0.380 e. The van der Waals surface area contributed by atoms with Gasteiger partial charge in [-0.2, -0.15) is 4.31 Å². The molecule has 1 aromatic heterocycles. The topological polar surface area (TPSA) is 119 Å². The standard InChI is InChI=1S/C18H29N5O3S/c1-13(2)22-8-5-15(6-9-22)23(27(24,25)10-7-19)12-14-3-4-17-16(11-14)18(20)21-26-17/h3-4,11,13,15H,5-10,12,19H2,1-2H3,(H2,20,21). The maximum Gasteiger partial charge on any atom is 0.215 e. The second-order valence-electron chi connectivity index (χ2n) is 7.41. The Morgan fingerprint density at radius 2 is 2.04 bits per heavy atom. The summed E-state index contributed by atoms with van der Waals surface area (Å²) in [5.74, 6) is 0.267. The number of benzene rings is 1. The zero-order valence-corrected chi connectivity index (χ0v) is 16.8. The molecule has 150 valence electrons. The second kappa shape index (κ2) is 8.14. The monoisotopic (exact) mass is 395 g/mol. The maximum atomic E-state index is 12.9. The molecular formula is C18H29N5O3S. The van der Waals surface area contributed by atoms with Crippen LogP contribution in [0.5, 0.6) is 0 Å². The van der Waals surface area contributed by atoms with E-state index in [1.807, 2.05) is 12.1 Å². The number of aromatic nitrogens is 1. The van der Waals surface area contributed by atoms with Gasteiger partial charge >= 0.3 is 0 Å². The van der Waals surface area contributed by atoms with Gasteiger partial charge < -0.3 is 20.9 Å². The number of nitrogens with zero attached hydrogens (tertiary/aromatic N) is 3. The molecule has 0 saturated carbocycles. The van der Waals surface area contributed by atoms with Gasteiger partial charge in [-0.25, -0.2) is 8.42 Å². The van der Waals surface area contributed by atoms with Crippen LogP contribution in [0.15, 0.2) is 22.7 Å². The first-order valence-corrected chi connectivity index (χ1v) is 11.0. The lowest BCUT2D eigenvalue weighted by atomic mass is 10.0. The number of hydrogen-bond acceptors (Lipinski definition) is 7. The first-order chi connectivity index (χ1) is 12.8. The summed E-state index contributed by atoms with van der Waals surface area (Å²) in [5.41, 5.74) is 12.9. The summed E-state index contributed by atoms with van der Waals surface area (Å²) in [4.78, 5) is 2.38. The van der Waals surface area contributed by atoms with Gasteiger partial charge in [-0.15, -0.1) is 0 Å². The third kappa shape index (κ3) is 4.43. The molecule has 0 aliphatic carbocycles. The van der Waals surface area contributed by atoms with Crippen molar-refractivity contribution >= 4 is 26.8 Å². The van der Waals surface area contributed by atoms with Crippen LogP contribution in [0.25, 0.3) is 11.0 Å². The quantitative estimate of drug-likeness (QED) is 0.727. The van der Waals surface area contributed by atoms with Gasteiger partial charge in [-0.3, -0.25) is 0 Å². The van der Waals surface area contributed by atoms with Gasteiger partial charge in [0, 0.05) is 25.2 Å². The molecule has 0 radical (unpaired) electrons. The fourth-order valence-electron chi connectivity index (χ4n) is 3.69. The molecule has 9 heteroatoms. The van der Waals surface area contributed by atoms with E-state index in [1.54, 1.807) is 10.4 Å². The molecule has 27 heavy (non-hydrogen) atoms. The fraction of sp³-hybridized carbons (Fsp3) is 0.611. The Hall–Kier alpha value is -1.68. The first-order valence-electron chi connectivity index (χ1n) is 9.39. The van der Waals surface area contributed by atoms with Gasteiger partial charge in [-0.05, 0) is 57.5 Å². The normalized spacial score (nSPS) is 17.4. The highest BCUT2D eigenvalue weighted by Gasteiger charge is 2.32. The minimum atomic E-state index is -3.44. The molecule has 3 rings (SSSR count). The molecule has 1 saturated heterocycles. The van der Waals surface area contributed by atoms with E-state index >= 15 is 0 Å². The van der Waals surface area contributed by atoms with Crippen LogP contribution in [0.4, 0.5) is 5.82 Å². The summed E-state index contributed by atoms with van der Waals surface area (Å²) in [6.07, 6.45) is 1.64. The molecule has 4 N–H and O–H groups in total. The summed E-state index contributed by atoms with van der Waals surface area (Å²) in [6.45, 7) is 6.55. The van der Waals surface area contributed by atoms with Gasteiger partial charge in [0.1, 0.15) is 0 Å². The Kier molecular flexibility index (Phi) is 6.05. The highest BCUT2D eigenvalue weighted by atomic mass is 32.2. The summed E-state index contributed by atoms with van der Waals surface area (Å²) in [7, 11) is -3.44. The molecule has 0 amide bonds. The average molecular weight is 396 g/mol. The smallest absolute Gasteiger partial charge is 0.215 e. The highest BCUT2D eigenvalue weighted by molar-refractivity contribution is 7.89. The maximum absolute atomic E-state index is 12.9. The van der Waals surface area contributed by atoms with E-state index in [4.69, 9.17) is 16.0 Å². The molecule has 0 bridgehead atoms. The highest BCUT2D eigenvalue weighted by Crippen LogP contribution is 2.26. The Balaban J connectivity index is 1.84. The molecule has 0 spiro atoms. The van der Waals surface area contributed by atoms with Crippen LogP contribution in [-0.2, 0) is 16.6 Å². The van der Waals surface area contributed by atoms with Crippen LogP contribution in [0.1, 0.15) is 32.3 Å². The minimum absolute atomic E-state index is 0.0212. The lowest BCUT2D eigenvalue weighted by Gasteiger charge is -2.39. The van der Waals surface area contributed by atoms with Crippen molar-refractivity contribution in [2.45, 2.75) is 45.3 Å². The zero-order chi connectivity index (χ0) is 19.6. The van der Waals surface area contributed by atoms with Crippen LogP contribution in [0.2, 0.25) is 0 Å². The van der Waals surface area contributed by atoms with E-state index in [0.717, 1.165) is 31.5 Å². The van der Waals surface area contributed by atoms with Gasteiger partial charge in [0.2, 0.25) is 10.0 Å². The summed E-state index contributed by atoms with van der Waals surface area (Å²) in [6, 6.07) is 5.95. The van der Waals surface area contributed by atoms with E-state index in [2.05, 4.69) is 23.9 Å². The van der Waals surface area contributed by atoms with Crippen LogP contribution in [-0.4, -0.2) is 60.3 Å². The molecule has 1 aliphatic heterocycles. The van der Waals surface area contributed by atoms with Crippen LogP contribution in [0, 0.1) is 0 Å². The van der Waals surface area contributed by atoms with Gasteiger partial charge in [-0.1, -0.05) is 11.2 Å². The predicted molar refractivity (Wildman–Crippen MR) is 107 cm³/mol. The van der Waals surface area contributed by atoms with E-state index in [-0.39, 0.29) is 18.3 Å². The molecule has 1 aliphatic rings. The summed E-state index contributed by atoms with van der Waals surface area (Å²) < 4.78 is 32.6.